The lowest BCUT2D eigenvalue weighted by Gasteiger charge is -2.24. The van der Waals surface area contributed by atoms with Crippen molar-refractivity contribution in [3.8, 4) is 0 Å². The van der Waals surface area contributed by atoms with E-state index in [0.717, 1.165) is 30.9 Å². The normalized spacial score (nSPS) is 21.7. The van der Waals surface area contributed by atoms with Crippen LogP contribution in [0.2, 0.25) is 5.02 Å². The summed E-state index contributed by atoms with van der Waals surface area (Å²) in [4.78, 5) is 18.8. The predicted molar refractivity (Wildman–Crippen MR) is 95.6 cm³/mol. The van der Waals surface area contributed by atoms with Crippen LogP contribution in [0, 0.1) is 0 Å². The highest BCUT2D eigenvalue weighted by molar-refractivity contribution is 6.33. The molecule has 0 saturated carbocycles. The number of halogens is 1. The topological polar surface area (TPSA) is 38.8 Å². The number of amides is 2. The molecule has 6 heteroatoms. The van der Waals surface area contributed by atoms with E-state index < -0.39 is 0 Å². The Hall–Kier alpha value is -1.46. The number of benzene rings is 1. The molecule has 2 heterocycles. The van der Waals surface area contributed by atoms with Crippen molar-refractivity contribution in [1.29, 1.82) is 0 Å². The number of likely N-dealkylation sites (tertiary alicyclic amines) is 2. The standard InChI is InChI=1S/C17H25ClN4O/c1-20(2)16-6-5-13(11-15(16)18)19-17(23)22-10-7-14(12-22)21-8-3-4-9-21/h5-6,11,14H,3-4,7-10,12H2,1-2H3,(H,19,23)/t14-/m0/s1. The van der Waals surface area contributed by atoms with Gasteiger partial charge in [-0.05, 0) is 50.6 Å². The highest BCUT2D eigenvalue weighted by Gasteiger charge is 2.31. The fraction of sp³-hybridized carbons (Fsp3) is 0.588. The van der Waals surface area contributed by atoms with Gasteiger partial charge < -0.3 is 15.1 Å². The van der Waals surface area contributed by atoms with Crippen LogP contribution in [0.4, 0.5) is 16.2 Å². The minimum absolute atomic E-state index is 0.0274. The van der Waals surface area contributed by atoms with E-state index in [0.29, 0.717) is 11.1 Å². The lowest BCUT2D eigenvalue weighted by atomic mass is 10.2. The molecular formula is C17H25ClN4O. The van der Waals surface area contributed by atoms with Crippen LogP contribution in [0.3, 0.4) is 0 Å². The Balaban J connectivity index is 1.58. The number of nitrogens with zero attached hydrogens (tertiary/aromatic N) is 3. The molecule has 0 unspecified atom stereocenters. The Morgan fingerprint density at radius 3 is 2.65 bits per heavy atom. The van der Waals surface area contributed by atoms with Crippen LogP contribution in [0.15, 0.2) is 18.2 Å². The van der Waals surface area contributed by atoms with Crippen molar-refractivity contribution in [3.63, 3.8) is 0 Å². The predicted octanol–water partition coefficient (Wildman–Crippen LogP) is 3.11. The summed E-state index contributed by atoms with van der Waals surface area (Å²) < 4.78 is 0. The molecule has 1 N–H and O–H groups in total. The van der Waals surface area contributed by atoms with Crippen LogP contribution in [-0.4, -0.2) is 62.1 Å². The molecule has 0 radical (unpaired) electrons. The van der Waals surface area contributed by atoms with E-state index in [9.17, 15) is 4.79 Å². The van der Waals surface area contributed by atoms with E-state index in [1.165, 1.54) is 25.9 Å². The monoisotopic (exact) mass is 336 g/mol. The molecule has 5 nitrogen and oxygen atoms in total. The summed E-state index contributed by atoms with van der Waals surface area (Å²) in [6.07, 6.45) is 3.66. The molecule has 2 aliphatic heterocycles. The fourth-order valence-electron chi connectivity index (χ4n) is 3.48. The second-order valence-corrected chi connectivity index (χ2v) is 7.03. The van der Waals surface area contributed by atoms with Crippen molar-refractivity contribution in [3.05, 3.63) is 23.2 Å². The second-order valence-electron chi connectivity index (χ2n) is 6.62. The molecule has 2 amide bonds. The number of urea groups is 1. The van der Waals surface area contributed by atoms with Crippen LogP contribution in [-0.2, 0) is 0 Å². The molecule has 23 heavy (non-hydrogen) atoms. The highest BCUT2D eigenvalue weighted by Crippen LogP contribution is 2.28. The van der Waals surface area contributed by atoms with Gasteiger partial charge >= 0.3 is 6.03 Å². The number of hydrogen-bond acceptors (Lipinski definition) is 3. The molecule has 0 bridgehead atoms. The van der Waals surface area contributed by atoms with Gasteiger partial charge in [-0.2, -0.15) is 0 Å². The van der Waals surface area contributed by atoms with Gasteiger partial charge in [0.2, 0.25) is 0 Å². The molecule has 1 aromatic rings. The maximum absolute atomic E-state index is 12.4. The zero-order chi connectivity index (χ0) is 16.4. The summed E-state index contributed by atoms with van der Waals surface area (Å²) in [5, 5.41) is 3.61. The minimum atomic E-state index is -0.0274. The summed E-state index contributed by atoms with van der Waals surface area (Å²) in [7, 11) is 3.89. The summed E-state index contributed by atoms with van der Waals surface area (Å²) in [5.74, 6) is 0. The average molecular weight is 337 g/mol. The molecule has 2 aliphatic rings. The van der Waals surface area contributed by atoms with E-state index in [-0.39, 0.29) is 6.03 Å². The Kier molecular flexibility index (Phi) is 4.97. The van der Waals surface area contributed by atoms with Crippen molar-refractivity contribution in [1.82, 2.24) is 9.80 Å². The molecule has 0 spiro atoms. The van der Waals surface area contributed by atoms with Crippen molar-refractivity contribution in [2.24, 2.45) is 0 Å². The van der Waals surface area contributed by atoms with E-state index in [4.69, 9.17) is 11.6 Å². The quantitative estimate of drug-likeness (QED) is 0.921. The molecule has 1 atom stereocenters. The minimum Gasteiger partial charge on any atom is -0.376 e. The van der Waals surface area contributed by atoms with Crippen molar-refractivity contribution < 1.29 is 4.79 Å². The molecular weight excluding hydrogens is 312 g/mol. The van der Waals surface area contributed by atoms with Gasteiger partial charge in [-0.15, -0.1) is 0 Å². The molecule has 0 aromatic heterocycles. The second kappa shape index (κ2) is 6.97. The maximum Gasteiger partial charge on any atom is 0.321 e. The zero-order valence-corrected chi connectivity index (χ0v) is 14.6. The van der Waals surface area contributed by atoms with E-state index >= 15 is 0 Å². The van der Waals surface area contributed by atoms with Crippen LogP contribution in [0.5, 0.6) is 0 Å². The summed E-state index contributed by atoms with van der Waals surface area (Å²) in [5.41, 5.74) is 1.69. The average Bonchev–Trinajstić information content (AvgIpc) is 3.18. The third-order valence-corrected chi connectivity index (χ3v) is 5.09. The van der Waals surface area contributed by atoms with E-state index in [2.05, 4.69) is 10.2 Å². The largest absolute Gasteiger partial charge is 0.376 e. The van der Waals surface area contributed by atoms with Crippen LogP contribution in [0.1, 0.15) is 19.3 Å². The van der Waals surface area contributed by atoms with Gasteiger partial charge in [0.15, 0.2) is 0 Å². The number of carbonyl (C=O) groups is 1. The third-order valence-electron chi connectivity index (χ3n) is 4.79. The van der Waals surface area contributed by atoms with Gasteiger partial charge in [0.25, 0.3) is 0 Å². The summed E-state index contributed by atoms with van der Waals surface area (Å²) >= 11 is 6.26. The number of carbonyl (C=O) groups excluding carboxylic acids is 1. The Morgan fingerprint density at radius 2 is 2.00 bits per heavy atom. The lowest BCUT2D eigenvalue weighted by Crippen LogP contribution is -2.38. The first-order valence-corrected chi connectivity index (χ1v) is 8.69. The van der Waals surface area contributed by atoms with E-state index in [1.807, 2.05) is 42.1 Å². The van der Waals surface area contributed by atoms with Crippen LogP contribution in [0.25, 0.3) is 0 Å². The Morgan fingerprint density at radius 1 is 1.26 bits per heavy atom. The maximum atomic E-state index is 12.4. The highest BCUT2D eigenvalue weighted by atomic mass is 35.5. The SMILES string of the molecule is CN(C)c1ccc(NC(=O)N2CC[C@H](N3CCCC3)C2)cc1Cl. The molecule has 1 aromatic carbocycles. The number of rotatable bonds is 3. The van der Waals surface area contributed by atoms with Gasteiger partial charge in [-0.3, -0.25) is 4.90 Å². The summed E-state index contributed by atoms with van der Waals surface area (Å²) in [6.45, 7) is 4.02. The summed E-state index contributed by atoms with van der Waals surface area (Å²) in [6, 6.07) is 6.13. The molecule has 0 aliphatic carbocycles. The number of hydrogen-bond donors (Lipinski definition) is 1. The van der Waals surface area contributed by atoms with Crippen molar-refractivity contribution >= 4 is 29.0 Å². The first-order valence-electron chi connectivity index (χ1n) is 8.31. The number of anilines is 2. The van der Waals surface area contributed by atoms with Gasteiger partial charge in [-0.25, -0.2) is 4.79 Å². The fourth-order valence-corrected chi connectivity index (χ4v) is 3.83. The van der Waals surface area contributed by atoms with Gasteiger partial charge in [0.1, 0.15) is 0 Å². The van der Waals surface area contributed by atoms with Crippen LogP contribution < -0.4 is 10.2 Å². The van der Waals surface area contributed by atoms with Gasteiger partial charge in [0, 0.05) is 38.9 Å². The third kappa shape index (κ3) is 3.72. The van der Waals surface area contributed by atoms with Crippen LogP contribution >= 0.6 is 11.6 Å². The Bertz CT molecular complexity index is 572. The van der Waals surface area contributed by atoms with Gasteiger partial charge in [0.05, 0.1) is 10.7 Å². The smallest absolute Gasteiger partial charge is 0.321 e. The van der Waals surface area contributed by atoms with Gasteiger partial charge in [-0.1, -0.05) is 11.6 Å². The van der Waals surface area contributed by atoms with Crippen molar-refractivity contribution in [2.75, 3.05) is 50.5 Å². The zero-order valence-electron chi connectivity index (χ0n) is 13.9. The molecule has 3 rings (SSSR count). The first kappa shape index (κ1) is 16.4. The molecule has 2 saturated heterocycles. The van der Waals surface area contributed by atoms with Crippen molar-refractivity contribution in [2.45, 2.75) is 25.3 Å². The number of nitrogens with one attached hydrogen (secondary N) is 1. The lowest BCUT2D eigenvalue weighted by molar-refractivity contribution is 0.210. The molecule has 2 fully saturated rings. The van der Waals surface area contributed by atoms with E-state index in [1.54, 1.807) is 0 Å². The molecule has 126 valence electrons. The Labute approximate surface area is 143 Å². The first-order chi connectivity index (χ1) is 11.0.